The van der Waals surface area contributed by atoms with Crippen molar-refractivity contribution in [3.63, 3.8) is 0 Å². The van der Waals surface area contributed by atoms with Gasteiger partial charge >= 0.3 is 0 Å². The number of fused-ring (bicyclic) bond motifs is 5. The predicted molar refractivity (Wildman–Crippen MR) is 173 cm³/mol. The Labute approximate surface area is 265 Å². The summed E-state index contributed by atoms with van der Waals surface area (Å²) in [6, 6.07) is 0.431. The van der Waals surface area contributed by atoms with Crippen molar-refractivity contribution >= 4 is 18.0 Å². The second kappa shape index (κ2) is 11.4. The van der Waals surface area contributed by atoms with Gasteiger partial charge in [-0.15, -0.1) is 0 Å². The Kier molecular flexibility index (Phi) is 8.26. The maximum atomic E-state index is 12.3. The van der Waals surface area contributed by atoms with Crippen molar-refractivity contribution in [2.45, 2.75) is 117 Å². The summed E-state index contributed by atoms with van der Waals surface area (Å²) in [5, 5.41) is 5.92. The minimum atomic E-state index is -0.110. The number of piperidine rings is 1. The molecule has 0 radical (unpaired) electrons. The number of rotatable bonds is 5. The minimum Gasteiger partial charge on any atom is -0.384 e. The predicted octanol–water partition coefficient (Wildman–Crippen LogP) is 5.45. The average molecular weight is 608 g/mol. The number of aldehydes is 1. The maximum Gasteiger partial charge on any atom is 0.266 e. The summed E-state index contributed by atoms with van der Waals surface area (Å²) in [5.41, 5.74) is 2.97. The van der Waals surface area contributed by atoms with Crippen LogP contribution in [0.3, 0.4) is 0 Å². The highest BCUT2D eigenvalue weighted by Crippen LogP contribution is 2.83. The SMILES string of the molecule is C=C(NC)C(=O)NCCN1CC(C)CC2OC3(CCC4C5CCC6=CC(=O)CCC6(C)C5CC45CC5(C)C3)[C@H](C)C21.CC=O. The summed E-state index contributed by atoms with van der Waals surface area (Å²) < 4.78 is 7.35. The summed E-state index contributed by atoms with van der Waals surface area (Å²) in [6.45, 7) is 17.8. The molecule has 2 saturated heterocycles. The van der Waals surface area contributed by atoms with Crippen LogP contribution in [-0.2, 0) is 19.1 Å². The molecule has 0 aromatic heterocycles. The first-order valence-electron chi connectivity index (χ1n) is 17.6. The van der Waals surface area contributed by atoms with Crippen LogP contribution < -0.4 is 10.6 Å². The third-order valence-corrected chi connectivity index (χ3v) is 14.2. The molecule has 4 saturated carbocycles. The van der Waals surface area contributed by atoms with Crippen LogP contribution in [-0.4, -0.2) is 67.3 Å². The van der Waals surface area contributed by atoms with Gasteiger partial charge in [0.1, 0.15) is 6.29 Å². The van der Waals surface area contributed by atoms with Gasteiger partial charge in [-0.1, -0.05) is 39.8 Å². The Balaban J connectivity index is 0.00000110. The zero-order valence-corrected chi connectivity index (χ0v) is 28.2. The van der Waals surface area contributed by atoms with E-state index in [4.69, 9.17) is 9.53 Å². The van der Waals surface area contributed by atoms with E-state index >= 15 is 0 Å². The zero-order chi connectivity index (χ0) is 31.7. The molecule has 0 bridgehead atoms. The first-order valence-corrected chi connectivity index (χ1v) is 17.6. The number of nitrogens with zero attached hydrogens (tertiary/aromatic N) is 1. The van der Waals surface area contributed by atoms with Crippen molar-refractivity contribution in [1.82, 2.24) is 15.5 Å². The van der Waals surface area contributed by atoms with E-state index in [1.165, 1.54) is 51.0 Å². The third kappa shape index (κ3) is 4.85. The van der Waals surface area contributed by atoms with Crippen molar-refractivity contribution in [2.75, 3.05) is 26.7 Å². The molecule has 10 unspecified atom stereocenters. The molecule has 44 heavy (non-hydrogen) atoms. The fourth-order valence-electron chi connectivity index (χ4n) is 12.1. The Hall–Kier alpha value is -1.99. The van der Waals surface area contributed by atoms with Gasteiger partial charge in [-0.05, 0) is 111 Å². The Bertz CT molecular complexity index is 1230. The number of nitrogens with one attached hydrogen (secondary N) is 2. The molecule has 2 N–H and O–H groups in total. The summed E-state index contributed by atoms with van der Waals surface area (Å²) in [4.78, 5) is 36.1. The fourth-order valence-corrected chi connectivity index (χ4v) is 12.1. The second-order valence-corrected chi connectivity index (χ2v) is 16.3. The smallest absolute Gasteiger partial charge is 0.266 e. The number of carbonyl (C=O) groups excluding carboxylic acids is 3. The highest BCUT2D eigenvalue weighted by Gasteiger charge is 2.77. The molecule has 7 rings (SSSR count). The monoisotopic (exact) mass is 607 g/mol. The third-order valence-electron chi connectivity index (χ3n) is 14.2. The molecule has 11 atom stereocenters. The lowest BCUT2D eigenvalue weighted by molar-refractivity contribution is -0.118. The summed E-state index contributed by atoms with van der Waals surface area (Å²) in [5.74, 6) is 3.73. The van der Waals surface area contributed by atoms with Crippen LogP contribution in [0.5, 0.6) is 0 Å². The molecule has 2 heterocycles. The number of hydrogen-bond donors (Lipinski definition) is 2. The van der Waals surface area contributed by atoms with Crippen molar-refractivity contribution in [1.29, 1.82) is 0 Å². The summed E-state index contributed by atoms with van der Waals surface area (Å²) in [6.07, 6.45) is 15.0. The van der Waals surface area contributed by atoms with E-state index in [-0.39, 0.29) is 16.9 Å². The second-order valence-electron chi connectivity index (χ2n) is 16.3. The molecule has 0 aromatic rings. The van der Waals surface area contributed by atoms with E-state index in [0.717, 1.165) is 62.8 Å². The number of carbonyl (C=O) groups is 3. The number of allylic oxidation sites excluding steroid dienone is 2. The van der Waals surface area contributed by atoms with Crippen LogP contribution in [0.4, 0.5) is 0 Å². The van der Waals surface area contributed by atoms with Gasteiger partial charge in [0.15, 0.2) is 5.78 Å². The average Bonchev–Trinajstić information content (AvgIpc) is 3.28. The van der Waals surface area contributed by atoms with Gasteiger partial charge in [0.2, 0.25) is 0 Å². The van der Waals surface area contributed by atoms with E-state index in [2.05, 4.69) is 55.9 Å². The molecule has 5 aliphatic carbocycles. The van der Waals surface area contributed by atoms with Gasteiger partial charge in [0, 0.05) is 45.1 Å². The number of likely N-dealkylation sites (N-methyl/N-ethyl adjacent to an activating group) is 1. The van der Waals surface area contributed by atoms with Crippen molar-refractivity contribution in [2.24, 2.45) is 45.8 Å². The normalized spacial score (nSPS) is 46.9. The van der Waals surface area contributed by atoms with E-state index in [1.807, 2.05) is 0 Å². The van der Waals surface area contributed by atoms with E-state index in [0.29, 0.717) is 52.8 Å². The van der Waals surface area contributed by atoms with E-state index in [9.17, 15) is 9.59 Å². The Morgan fingerprint density at radius 2 is 1.91 bits per heavy atom. The van der Waals surface area contributed by atoms with Gasteiger partial charge in [-0.25, -0.2) is 0 Å². The van der Waals surface area contributed by atoms with Crippen molar-refractivity contribution in [3.8, 4) is 0 Å². The zero-order valence-electron chi connectivity index (χ0n) is 28.2. The number of ketones is 1. The molecule has 6 fully saturated rings. The largest absolute Gasteiger partial charge is 0.384 e. The molecule has 7 heteroatoms. The highest BCUT2D eigenvalue weighted by atomic mass is 16.5. The molecule has 7 aliphatic rings. The van der Waals surface area contributed by atoms with Crippen molar-refractivity contribution in [3.05, 3.63) is 23.9 Å². The molecular formula is C37H57N3O4. The van der Waals surface area contributed by atoms with Crippen molar-refractivity contribution < 1.29 is 19.1 Å². The Morgan fingerprint density at radius 3 is 2.64 bits per heavy atom. The van der Waals surface area contributed by atoms with Crippen LogP contribution in [0.15, 0.2) is 23.9 Å². The van der Waals surface area contributed by atoms with E-state index in [1.54, 1.807) is 7.05 Å². The number of ether oxygens (including phenoxy) is 1. The molecule has 244 valence electrons. The lowest BCUT2D eigenvalue weighted by Gasteiger charge is -2.48. The summed E-state index contributed by atoms with van der Waals surface area (Å²) >= 11 is 0. The lowest BCUT2D eigenvalue weighted by Crippen LogP contribution is -2.53. The molecule has 7 nitrogen and oxygen atoms in total. The highest BCUT2D eigenvalue weighted by molar-refractivity contribution is 5.92. The number of amides is 1. The van der Waals surface area contributed by atoms with Gasteiger partial charge < -0.3 is 20.2 Å². The van der Waals surface area contributed by atoms with Crippen LogP contribution in [0.25, 0.3) is 0 Å². The fraction of sp³-hybridized carbons (Fsp3) is 0.811. The molecule has 2 spiro atoms. The molecular weight excluding hydrogens is 550 g/mol. The van der Waals surface area contributed by atoms with Crippen LogP contribution in [0.2, 0.25) is 0 Å². The number of hydrogen-bond acceptors (Lipinski definition) is 6. The summed E-state index contributed by atoms with van der Waals surface area (Å²) in [7, 11) is 1.74. The van der Waals surface area contributed by atoms with Crippen LogP contribution in [0, 0.1) is 45.8 Å². The van der Waals surface area contributed by atoms with Gasteiger partial charge in [-0.2, -0.15) is 0 Å². The molecule has 0 aromatic carbocycles. The maximum absolute atomic E-state index is 12.3. The van der Waals surface area contributed by atoms with Crippen LogP contribution in [0.1, 0.15) is 98.8 Å². The Morgan fingerprint density at radius 1 is 1.16 bits per heavy atom. The quantitative estimate of drug-likeness (QED) is 0.320. The standard InChI is InChI=1S/C35H53N3O3.C2H4O/c1-21-15-29-30(38(18-21)14-13-37-31(40)23(3)36-6)22(2)35(41-29)12-10-27-26-8-7-24-16-25(39)9-11-33(24,5)28(26)17-34(27)19-32(34,4)20-35;1-2-3/h16,21-22,26-30,36H,3,7-15,17-20H2,1-2,4-6H3,(H,37,40);2H,1H3/t21?,22-,26?,27?,28?,29?,30?,32?,33?,34?,35?;/m1./s1. The topological polar surface area (TPSA) is 87.7 Å². The molecule has 2 aliphatic heterocycles. The number of likely N-dealkylation sites (tertiary alicyclic amines) is 1. The minimum absolute atomic E-state index is 0.0275. The van der Waals surface area contributed by atoms with E-state index < -0.39 is 0 Å². The van der Waals surface area contributed by atoms with Gasteiger partial charge in [0.05, 0.1) is 17.4 Å². The van der Waals surface area contributed by atoms with Gasteiger partial charge in [-0.3, -0.25) is 14.5 Å². The van der Waals surface area contributed by atoms with Gasteiger partial charge in [0.25, 0.3) is 5.91 Å². The first kappa shape index (κ1) is 32.0. The molecule has 1 amide bonds. The lowest BCUT2D eigenvalue weighted by atomic mass is 9.56. The van der Waals surface area contributed by atoms with Crippen LogP contribution >= 0.6 is 0 Å². The first-order chi connectivity index (χ1) is 20.9.